The first-order chi connectivity index (χ1) is 17.4. The van der Waals surface area contributed by atoms with Crippen molar-refractivity contribution in [1.82, 2.24) is 5.32 Å². The quantitative estimate of drug-likeness (QED) is 0.248. The van der Waals surface area contributed by atoms with Crippen molar-refractivity contribution in [2.45, 2.75) is 107 Å². The molecule has 2 aliphatic carbocycles. The molecule has 1 N–H and O–H groups in total. The van der Waals surface area contributed by atoms with E-state index in [2.05, 4.69) is 26.1 Å². The molecule has 0 spiro atoms. The fraction of sp³-hybridized carbons (Fsp3) is 0.613. The Hall–Kier alpha value is -2.56. The maximum absolute atomic E-state index is 12.7. The topological polar surface area (TPSA) is 64.6 Å². The van der Waals surface area contributed by atoms with Gasteiger partial charge in [0.2, 0.25) is 0 Å². The zero-order valence-corrected chi connectivity index (χ0v) is 24.2. The van der Waals surface area contributed by atoms with E-state index >= 15 is 0 Å². The second-order valence-corrected chi connectivity index (χ2v) is 8.78. The third-order valence-corrected chi connectivity index (χ3v) is 6.03. The summed E-state index contributed by atoms with van der Waals surface area (Å²) in [5, 5.41) is 2.87. The van der Waals surface area contributed by atoms with Crippen molar-refractivity contribution in [3.8, 4) is 5.75 Å². The fourth-order valence-corrected chi connectivity index (χ4v) is 4.36. The number of carbonyl (C=O) groups is 2. The third kappa shape index (κ3) is 11.5. The first-order valence-corrected chi connectivity index (χ1v) is 14.1. The number of ether oxygens (including phenoxy) is 2. The maximum Gasteiger partial charge on any atom is 0.514 e. The zero-order valence-electron chi connectivity index (χ0n) is 24.2. The Morgan fingerprint density at radius 2 is 1.64 bits per heavy atom. The molecule has 5 nitrogen and oxygen atoms in total. The molecule has 204 valence electrons. The Balaban J connectivity index is 0.00000190. The van der Waals surface area contributed by atoms with Crippen LogP contribution in [0.5, 0.6) is 5.75 Å². The van der Waals surface area contributed by atoms with Crippen LogP contribution in [0, 0.1) is 17.8 Å². The number of hydrogen-bond donors (Lipinski definition) is 1. The van der Waals surface area contributed by atoms with Crippen molar-refractivity contribution in [3.63, 3.8) is 0 Å². The van der Waals surface area contributed by atoms with Crippen molar-refractivity contribution in [3.05, 3.63) is 53.8 Å². The maximum atomic E-state index is 12.7. The minimum atomic E-state index is -0.739. The van der Waals surface area contributed by atoms with Crippen LogP contribution in [0.1, 0.15) is 111 Å². The Morgan fingerprint density at radius 3 is 2.25 bits per heavy atom. The molecule has 3 atom stereocenters. The van der Waals surface area contributed by atoms with E-state index in [-0.39, 0.29) is 17.8 Å². The van der Waals surface area contributed by atoms with Crippen LogP contribution in [0.15, 0.2) is 48.2 Å². The fourth-order valence-electron chi connectivity index (χ4n) is 4.36. The van der Waals surface area contributed by atoms with E-state index in [4.69, 9.17) is 9.47 Å². The van der Waals surface area contributed by atoms with Gasteiger partial charge < -0.3 is 14.8 Å². The zero-order chi connectivity index (χ0) is 27.5. The van der Waals surface area contributed by atoms with Crippen molar-refractivity contribution < 1.29 is 19.1 Å². The van der Waals surface area contributed by atoms with Crippen LogP contribution in [-0.2, 0) is 4.74 Å². The van der Waals surface area contributed by atoms with Crippen molar-refractivity contribution in [2.75, 3.05) is 0 Å². The SMILES string of the molecule is CC.CC.CC.CC1CCCC(C(C)C)C(OC(=O)Oc2ccccc2C(=O)NC2=CCCC=C2)C1. The molecule has 5 heteroatoms. The molecule has 1 aromatic rings. The molecule has 36 heavy (non-hydrogen) atoms. The first kappa shape index (κ1) is 33.4. The van der Waals surface area contributed by atoms with Gasteiger partial charge in [0.05, 0.1) is 5.56 Å². The largest absolute Gasteiger partial charge is 0.514 e. The number of nitrogens with one attached hydrogen (secondary N) is 1. The predicted octanol–water partition coefficient (Wildman–Crippen LogP) is 9.10. The van der Waals surface area contributed by atoms with Gasteiger partial charge in [0.1, 0.15) is 11.9 Å². The molecule has 0 aliphatic heterocycles. The molecule has 0 saturated heterocycles. The van der Waals surface area contributed by atoms with E-state index < -0.39 is 6.16 Å². The number of carbonyl (C=O) groups excluding carboxylic acids is 2. The molecule has 3 rings (SSSR count). The van der Waals surface area contributed by atoms with Gasteiger partial charge in [0.25, 0.3) is 5.91 Å². The summed E-state index contributed by atoms with van der Waals surface area (Å²) in [6, 6.07) is 6.76. The lowest BCUT2D eigenvalue weighted by atomic mass is 9.86. The highest BCUT2D eigenvalue weighted by Gasteiger charge is 2.32. The summed E-state index contributed by atoms with van der Waals surface area (Å²) < 4.78 is 11.3. The number of allylic oxidation sites excluding steroid dienone is 3. The molecular formula is C31H51NO4. The summed E-state index contributed by atoms with van der Waals surface area (Å²) in [6.07, 6.45) is 11.1. The van der Waals surface area contributed by atoms with E-state index in [0.717, 1.165) is 44.2 Å². The summed E-state index contributed by atoms with van der Waals surface area (Å²) in [4.78, 5) is 25.4. The molecule has 3 unspecified atom stereocenters. The van der Waals surface area contributed by atoms with Gasteiger partial charge in [-0.2, -0.15) is 0 Å². The second kappa shape index (κ2) is 19.6. The summed E-state index contributed by atoms with van der Waals surface area (Å²) >= 11 is 0. The highest BCUT2D eigenvalue weighted by molar-refractivity contribution is 5.98. The molecule has 0 radical (unpaired) electrons. The van der Waals surface area contributed by atoms with E-state index in [1.165, 1.54) is 0 Å². The monoisotopic (exact) mass is 501 g/mol. The summed E-state index contributed by atoms with van der Waals surface area (Å²) in [7, 11) is 0. The molecule has 0 bridgehead atoms. The van der Waals surface area contributed by atoms with Gasteiger partial charge in [-0.05, 0) is 61.6 Å². The third-order valence-electron chi connectivity index (χ3n) is 6.03. The summed E-state index contributed by atoms with van der Waals surface area (Å²) in [6.45, 7) is 18.6. The lowest BCUT2D eigenvalue weighted by molar-refractivity contribution is 0.0103. The molecule has 0 aromatic heterocycles. The Labute approximate surface area is 220 Å². The Kier molecular flexibility index (Phi) is 18.2. The van der Waals surface area contributed by atoms with Crippen molar-refractivity contribution in [2.24, 2.45) is 17.8 Å². The molecule has 1 aromatic carbocycles. The van der Waals surface area contributed by atoms with Gasteiger partial charge in [-0.1, -0.05) is 99.4 Å². The molecular weight excluding hydrogens is 450 g/mol. The highest BCUT2D eigenvalue weighted by Crippen LogP contribution is 2.34. The first-order valence-electron chi connectivity index (χ1n) is 14.1. The van der Waals surface area contributed by atoms with Gasteiger partial charge in [-0.25, -0.2) is 4.79 Å². The van der Waals surface area contributed by atoms with Gasteiger partial charge in [-0.3, -0.25) is 4.79 Å². The molecule has 0 heterocycles. The number of hydrogen-bond acceptors (Lipinski definition) is 4. The number of benzene rings is 1. The average Bonchev–Trinajstić information content (AvgIpc) is 3.09. The average molecular weight is 502 g/mol. The minimum absolute atomic E-state index is 0.159. The van der Waals surface area contributed by atoms with Crippen LogP contribution >= 0.6 is 0 Å². The Morgan fingerprint density at radius 1 is 0.972 bits per heavy atom. The molecule has 1 fully saturated rings. The van der Waals surface area contributed by atoms with Gasteiger partial charge in [0, 0.05) is 5.70 Å². The van der Waals surface area contributed by atoms with Crippen LogP contribution < -0.4 is 10.1 Å². The number of amides is 1. The second-order valence-electron chi connectivity index (χ2n) is 8.78. The van der Waals surface area contributed by atoms with E-state index in [0.29, 0.717) is 23.3 Å². The molecule has 1 amide bonds. The summed E-state index contributed by atoms with van der Waals surface area (Å²) in [5.74, 6) is 1.18. The smallest absolute Gasteiger partial charge is 0.430 e. The van der Waals surface area contributed by atoms with Crippen molar-refractivity contribution >= 4 is 12.1 Å². The van der Waals surface area contributed by atoms with Gasteiger partial charge >= 0.3 is 6.16 Å². The van der Waals surface area contributed by atoms with Crippen LogP contribution in [0.2, 0.25) is 0 Å². The van der Waals surface area contributed by atoms with Crippen LogP contribution in [0.3, 0.4) is 0 Å². The van der Waals surface area contributed by atoms with E-state index in [1.807, 2.05) is 59.8 Å². The lowest BCUT2D eigenvalue weighted by Gasteiger charge is -2.28. The summed E-state index contributed by atoms with van der Waals surface area (Å²) in [5.41, 5.74) is 1.07. The van der Waals surface area contributed by atoms with Gasteiger partial charge in [0.15, 0.2) is 0 Å². The van der Waals surface area contributed by atoms with Crippen LogP contribution in [-0.4, -0.2) is 18.2 Å². The van der Waals surface area contributed by atoms with Gasteiger partial charge in [-0.15, -0.1) is 0 Å². The van der Waals surface area contributed by atoms with E-state index in [1.54, 1.807) is 24.3 Å². The predicted molar refractivity (Wildman–Crippen MR) is 151 cm³/mol. The van der Waals surface area contributed by atoms with Crippen LogP contribution in [0.4, 0.5) is 4.79 Å². The molecule has 2 aliphatic rings. The van der Waals surface area contributed by atoms with E-state index in [9.17, 15) is 9.59 Å². The number of para-hydroxylation sites is 1. The molecule has 1 saturated carbocycles. The lowest BCUT2D eigenvalue weighted by Crippen LogP contribution is -2.32. The number of rotatable bonds is 5. The highest BCUT2D eigenvalue weighted by atomic mass is 16.7. The van der Waals surface area contributed by atoms with Crippen LogP contribution in [0.25, 0.3) is 0 Å². The standard InChI is InChI=1S/C25H33NO4.3C2H6/c1-17(2)20-14-9-10-18(3)16-23(20)30-25(28)29-22-15-8-7-13-21(22)24(27)26-19-11-5-4-6-12-19;3*1-2/h5,7-8,11-13,15,17-18,20,23H,4,6,9-10,14,16H2,1-3H3,(H,26,27);3*1-2H3. The normalized spacial score (nSPS) is 20.5. The Bertz CT molecular complexity index is 813. The minimum Gasteiger partial charge on any atom is -0.430 e. The van der Waals surface area contributed by atoms with Crippen molar-refractivity contribution in [1.29, 1.82) is 0 Å².